The zero-order valence-electron chi connectivity index (χ0n) is 7.14. The average Bonchev–Trinajstić information content (AvgIpc) is 1.83. The molecule has 7 heteroatoms. The molecule has 0 fully saturated rings. The van der Waals surface area contributed by atoms with Crippen LogP contribution < -0.4 is 0 Å². The lowest BCUT2D eigenvalue weighted by molar-refractivity contribution is -0.139. The van der Waals surface area contributed by atoms with Gasteiger partial charge in [0, 0.05) is 0 Å². The van der Waals surface area contributed by atoms with E-state index in [-0.39, 0.29) is 0 Å². The molecule has 0 amide bonds. The van der Waals surface area contributed by atoms with Gasteiger partial charge in [-0.25, -0.2) is 8.42 Å². The van der Waals surface area contributed by atoms with Crippen molar-refractivity contribution in [2.45, 2.75) is 18.6 Å². The highest BCUT2D eigenvalue weighted by Crippen LogP contribution is 2.17. The minimum atomic E-state index is -4.16. The number of carbonyl (C=O) groups is 2. The molecule has 0 aromatic carbocycles. The maximum atomic E-state index is 11.1. The number of aliphatic carboxylic acids is 2. The summed E-state index contributed by atoms with van der Waals surface area (Å²) in [6.45, 7) is 1.90. The predicted octanol–water partition coefficient (Wildman–Crippen LogP) is -0.651. The highest BCUT2D eigenvalue weighted by atomic mass is 32.2. The van der Waals surface area contributed by atoms with Crippen LogP contribution in [0.5, 0.6) is 0 Å². The van der Waals surface area contributed by atoms with Gasteiger partial charge in [-0.1, -0.05) is 0 Å². The van der Waals surface area contributed by atoms with Crippen molar-refractivity contribution in [3.8, 4) is 0 Å². The highest BCUT2D eigenvalue weighted by Gasteiger charge is 2.42. The van der Waals surface area contributed by atoms with Gasteiger partial charge in [0.1, 0.15) is 5.75 Å². The minimum absolute atomic E-state index is 0.952. The molecule has 0 aromatic rings. The number of rotatable bonds is 4. The van der Waals surface area contributed by atoms with Gasteiger partial charge in [0.25, 0.3) is 0 Å². The molecule has 0 rings (SSSR count). The first kappa shape index (κ1) is 11.9. The molecule has 6 nitrogen and oxygen atoms in total. The number of sulfone groups is 1. The molecule has 0 heterocycles. The van der Waals surface area contributed by atoms with Gasteiger partial charge in [0.2, 0.25) is 0 Å². The van der Waals surface area contributed by atoms with Crippen LogP contribution in [0, 0.1) is 0 Å². The summed E-state index contributed by atoms with van der Waals surface area (Å²) in [5, 5.41) is 16.7. The van der Waals surface area contributed by atoms with E-state index in [4.69, 9.17) is 10.2 Å². The minimum Gasteiger partial charge on any atom is -0.480 e. The first-order chi connectivity index (χ1) is 5.61. The Balaban J connectivity index is 5.06. The lowest BCUT2D eigenvalue weighted by Crippen LogP contribution is -2.43. The van der Waals surface area contributed by atoms with Crippen molar-refractivity contribution in [2.24, 2.45) is 0 Å². The van der Waals surface area contributed by atoms with Crippen molar-refractivity contribution in [1.82, 2.24) is 0 Å². The third-order valence-corrected chi connectivity index (χ3v) is 3.96. The molecular formula is C6H10O6S. The normalized spacial score (nSPS) is 12.5. The van der Waals surface area contributed by atoms with E-state index in [9.17, 15) is 18.0 Å². The Labute approximate surface area is 75.1 Å². The second-order valence-electron chi connectivity index (χ2n) is 2.97. The second kappa shape index (κ2) is 3.33. The lowest BCUT2D eigenvalue weighted by atomic mass is 10.2. The van der Waals surface area contributed by atoms with Crippen LogP contribution in [0.2, 0.25) is 0 Å². The highest BCUT2D eigenvalue weighted by molar-refractivity contribution is 7.94. The summed E-state index contributed by atoms with van der Waals surface area (Å²) < 4.78 is 20.2. The van der Waals surface area contributed by atoms with Crippen LogP contribution in [0.15, 0.2) is 0 Å². The molecule has 76 valence electrons. The summed E-state index contributed by atoms with van der Waals surface area (Å²) in [5.41, 5.74) is 0. The quantitative estimate of drug-likeness (QED) is 0.638. The van der Waals surface area contributed by atoms with Crippen molar-refractivity contribution in [2.75, 3.05) is 5.75 Å². The fourth-order valence-corrected chi connectivity index (χ4v) is 1.43. The van der Waals surface area contributed by atoms with E-state index in [2.05, 4.69) is 0 Å². The van der Waals surface area contributed by atoms with Gasteiger partial charge in [-0.15, -0.1) is 0 Å². The summed E-state index contributed by atoms with van der Waals surface area (Å²) >= 11 is 0. The van der Waals surface area contributed by atoms with Crippen LogP contribution in [0.25, 0.3) is 0 Å². The molecule has 0 unspecified atom stereocenters. The summed E-state index contributed by atoms with van der Waals surface area (Å²) in [4.78, 5) is 20.6. The zero-order valence-corrected chi connectivity index (χ0v) is 7.96. The van der Waals surface area contributed by atoms with Gasteiger partial charge < -0.3 is 10.2 Å². The summed E-state index contributed by atoms with van der Waals surface area (Å²) in [6.07, 6.45) is 0. The molecule has 2 N–H and O–H groups in total. The second-order valence-corrected chi connectivity index (χ2v) is 5.51. The maximum absolute atomic E-state index is 11.1. The first-order valence-electron chi connectivity index (χ1n) is 3.29. The Kier molecular flexibility index (Phi) is 3.04. The number of hydrogen-bond acceptors (Lipinski definition) is 4. The molecule has 0 atom stereocenters. The van der Waals surface area contributed by atoms with Gasteiger partial charge >= 0.3 is 11.9 Å². The van der Waals surface area contributed by atoms with E-state index in [0.29, 0.717) is 0 Å². The summed E-state index contributed by atoms with van der Waals surface area (Å²) in [5.74, 6) is -4.30. The van der Waals surface area contributed by atoms with Crippen molar-refractivity contribution in [3.63, 3.8) is 0 Å². The molecule has 13 heavy (non-hydrogen) atoms. The molecule has 0 aliphatic heterocycles. The van der Waals surface area contributed by atoms with Crippen molar-refractivity contribution in [3.05, 3.63) is 0 Å². The third-order valence-electron chi connectivity index (χ3n) is 1.61. The maximum Gasteiger partial charge on any atom is 0.324 e. The van der Waals surface area contributed by atoms with Gasteiger partial charge in [0.05, 0.1) is 0 Å². The van der Waals surface area contributed by atoms with E-state index in [1.54, 1.807) is 0 Å². The molecule has 0 saturated carbocycles. The van der Waals surface area contributed by atoms with Crippen molar-refractivity contribution >= 4 is 21.8 Å². The zero-order chi connectivity index (χ0) is 10.9. The Morgan fingerprint density at radius 3 is 1.85 bits per heavy atom. The van der Waals surface area contributed by atoms with Crippen LogP contribution in [-0.4, -0.2) is 41.1 Å². The Hall–Kier alpha value is -1.11. The molecule has 0 spiro atoms. The summed E-state index contributed by atoms with van der Waals surface area (Å²) in [7, 11) is -4.16. The molecule has 0 aromatic heterocycles. The Morgan fingerprint density at radius 1 is 1.23 bits per heavy atom. The Morgan fingerprint density at radius 2 is 1.62 bits per heavy atom. The van der Waals surface area contributed by atoms with Crippen LogP contribution >= 0.6 is 0 Å². The van der Waals surface area contributed by atoms with E-state index < -0.39 is 32.3 Å². The SMILES string of the molecule is CC(C)(C(=O)O)S(=O)(=O)CC(=O)O. The average molecular weight is 210 g/mol. The fraction of sp³-hybridized carbons (Fsp3) is 0.667. The van der Waals surface area contributed by atoms with E-state index >= 15 is 0 Å². The van der Waals surface area contributed by atoms with Gasteiger partial charge in [-0.2, -0.15) is 0 Å². The standard InChI is InChI=1S/C6H10O6S/c1-6(2,5(9)10)13(11,12)3-4(7)8/h3H2,1-2H3,(H,7,8)(H,9,10). The Bertz CT molecular complexity index is 325. The van der Waals surface area contributed by atoms with Crippen LogP contribution in [0.3, 0.4) is 0 Å². The third kappa shape index (κ3) is 2.41. The number of hydrogen-bond donors (Lipinski definition) is 2. The topological polar surface area (TPSA) is 109 Å². The molecule has 0 radical (unpaired) electrons. The largest absolute Gasteiger partial charge is 0.480 e. The van der Waals surface area contributed by atoms with E-state index in [0.717, 1.165) is 13.8 Å². The van der Waals surface area contributed by atoms with Crippen LogP contribution in [0.1, 0.15) is 13.8 Å². The van der Waals surface area contributed by atoms with E-state index in [1.807, 2.05) is 0 Å². The van der Waals surface area contributed by atoms with Gasteiger partial charge in [-0.3, -0.25) is 9.59 Å². The number of carboxylic acids is 2. The predicted molar refractivity (Wildman–Crippen MR) is 43.1 cm³/mol. The van der Waals surface area contributed by atoms with Gasteiger partial charge in [0.15, 0.2) is 14.6 Å². The molecule has 0 saturated heterocycles. The fourth-order valence-electron chi connectivity index (χ4n) is 0.476. The molecule has 0 bridgehead atoms. The molecule has 0 aliphatic rings. The van der Waals surface area contributed by atoms with Crippen LogP contribution in [-0.2, 0) is 19.4 Å². The van der Waals surface area contributed by atoms with Gasteiger partial charge in [-0.05, 0) is 13.8 Å². The number of carboxylic acid groups (broad SMARTS) is 2. The van der Waals surface area contributed by atoms with Crippen LogP contribution in [0.4, 0.5) is 0 Å². The first-order valence-corrected chi connectivity index (χ1v) is 4.94. The van der Waals surface area contributed by atoms with E-state index in [1.165, 1.54) is 0 Å². The van der Waals surface area contributed by atoms with Crippen molar-refractivity contribution < 1.29 is 28.2 Å². The lowest BCUT2D eigenvalue weighted by Gasteiger charge is -2.17. The molecule has 0 aliphatic carbocycles. The summed E-state index contributed by atoms with van der Waals surface area (Å²) in [6, 6.07) is 0. The smallest absolute Gasteiger partial charge is 0.324 e. The monoisotopic (exact) mass is 210 g/mol. The van der Waals surface area contributed by atoms with Crippen molar-refractivity contribution in [1.29, 1.82) is 0 Å². The molecular weight excluding hydrogens is 200 g/mol.